The van der Waals surface area contributed by atoms with E-state index in [1.54, 1.807) is 6.07 Å². The fourth-order valence-electron chi connectivity index (χ4n) is 2.60. The van der Waals surface area contributed by atoms with E-state index in [9.17, 15) is 9.50 Å². The molecule has 0 amide bonds. The molecule has 2 rings (SSSR count). The Morgan fingerprint density at radius 3 is 2.74 bits per heavy atom. The maximum absolute atomic E-state index is 14.8. The number of aryl methyl sites for hydroxylation is 1. The van der Waals surface area contributed by atoms with Gasteiger partial charge in [-0.05, 0) is 44.0 Å². The van der Waals surface area contributed by atoms with Gasteiger partial charge >= 0.3 is 0 Å². The lowest BCUT2D eigenvalue weighted by atomic mass is 9.87. The van der Waals surface area contributed by atoms with Gasteiger partial charge in [0.05, 0.1) is 11.8 Å². The van der Waals surface area contributed by atoms with E-state index in [0.717, 1.165) is 5.56 Å². The fraction of sp³-hybridized carbons (Fsp3) is 0.643. The first-order chi connectivity index (χ1) is 9.07. The second-order valence-electron chi connectivity index (χ2n) is 5.18. The number of aliphatic hydroxyl groups is 2. The van der Waals surface area contributed by atoms with E-state index >= 15 is 0 Å². The smallest absolute Gasteiger partial charge is 0.155 e. The van der Waals surface area contributed by atoms with Crippen molar-refractivity contribution in [3.8, 4) is 0 Å². The Balaban J connectivity index is 2.23. The average Bonchev–Trinajstić information content (AvgIpc) is 2.39. The molecule has 0 bridgehead atoms. The highest BCUT2D eigenvalue weighted by Gasteiger charge is 2.36. The Kier molecular flexibility index (Phi) is 4.50. The van der Waals surface area contributed by atoms with Crippen molar-refractivity contribution < 1.29 is 14.6 Å². The number of halogens is 1. The quantitative estimate of drug-likeness (QED) is 0.771. The average molecular weight is 268 g/mol. The van der Waals surface area contributed by atoms with Gasteiger partial charge in [0.2, 0.25) is 0 Å². The summed E-state index contributed by atoms with van der Waals surface area (Å²) in [5.74, 6) is 0. The minimum atomic E-state index is -1.37. The molecule has 1 aliphatic rings. The number of aliphatic hydroxyl groups excluding tert-OH is 2. The summed E-state index contributed by atoms with van der Waals surface area (Å²) in [6, 6.07) is 1.77. The molecule has 0 unspecified atom stereocenters. The van der Waals surface area contributed by atoms with Gasteiger partial charge in [0.25, 0.3) is 0 Å². The highest BCUT2D eigenvalue weighted by atomic mass is 19.1. The predicted octanol–water partition coefficient (Wildman–Crippen LogP) is 1.35. The summed E-state index contributed by atoms with van der Waals surface area (Å²) in [6.07, 6.45) is 1.91. The molecule has 0 aromatic carbocycles. The van der Waals surface area contributed by atoms with Gasteiger partial charge in [-0.1, -0.05) is 6.07 Å². The summed E-state index contributed by atoms with van der Waals surface area (Å²) in [5.41, 5.74) is 0.510. The number of pyridine rings is 1. The monoisotopic (exact) mass is 268 g/mol. The van der Waals surface area contributed by atoms with Crippen LogP contribution in [0.5, 0.6) is 0 Å². The van der Waals surface area contributed by atoms with Crippen LogP contribution in [0.15, 0.2) is 12.3 Å². The van der Waals surface area contributed by atoms with Crippen LogP contribution in [0.25, 0.3) is 0 Å². The van der Waals surface area contributed by atoms with Gasteiger partial charge in [-0.15, -0.1) is 0 Å². The molecule has 1 fully saturated rings. The number of alkyl halides is 1. The summed E-state index contributed by atoms with van der Waals surface area (Å²) in [7, 11) is 0. The van der Waals surface area contributed by atoms with E-state index in [2.05, 4.69) is 10.3 Å². The molecule has 1 aromatic heterocycles. The minimum absolute atomic E-state index is 0.0827. The molecule has 1 saturated heterocycles. The molecule has 0 radical (unpaired) electrons. The van der Waals surface area contributed by atoms with Gasteiger partial charge in [-0.3, -0.25) is 4.98 Å². The normalized spacial score (nSPS) is 20.2. The molecule has 106 valence electrons. The van der Waals surface area contributed by atoms with E-state index in [1.807, 2.05) is 6.92 Å². The standard InChI is InChI=1S/C14H21FN2O2/c1-10-8-11(12(19)2-7-18)9-17-13(10)14(15)3-5-16-6-4-14/h8-9,12,16,18-19H,2-7H2,1H3/t12-/m1/s1. The summed E-state index contributed by atoms with van der Waals surface area (Å²) in [4.78, 5) is 4.23. The van der Waals surface area contributed by atoms with Crippen LogP contribution in [0.4, 0.5) is 4.39 Å². The van der Waals surface area contributed by atoms with Gasteiger partial charge in [-0.25, -0.2) is 4.39 Å². The third-order valence-corrected chi connectivity index (χ3v) is 3.71. The van der Waals surface area contributed by atoms with Crippen molar-refractivity contribution in [1.29, 1.82) is 0 Å². The van der Waals surface area contributed by atoms with Gasteiger partial charge in [-0.2, -0.15) is 0 Å². The Labute approximate surface area is 112 Å². The van der Waals surface area contributed by atoms with Crippen LogP contribution in [0.1, 0.15) is 42.2 Å². The van der Waals surface area contributed by atoms with Crippen molar-refractivity contribution in [1.82, 2.24) is 10.3 Å². The first kappa shape index (κ1) is 14.4. The maximum Gasteiger partial charge on any atom is 0.155 e. The third kappa shape index (κ3) is 3.11. The molecule has 4 nitrogen and oxygen atoms in total. The molecule has 0 spiro atoms. The third-order valence-electron chi connectivity index (χ3n) is 3.71. The SMILES string of the molecule is Cc1cc([C@H](O)CCO)cnc1C1(F)CCNCC1. The van der Waals surface area contributed by atoms with E-state index in [0.29, 0.717) is 37.2 Å². The second kappa shape index (κ2) is 5.94. The lowest BCUT2D eigenvalue weighted by Gasteiger charge is -2.30. The lowest BCUT2D eigenvalue weighted by molar-refractivity contribution is 0.108. The zero-order valence-corrected chi connectivity index (χ0v) is 11.2. The Morgan fingerprint density at radius 1 is 1.47 bits per heavy atom. The molecule has 0 aliphatic carbocycles. The van der Waals surface area contributed by atoms with Crippen LogP contribution < -0.4 is 5.32 Å². The summed E-state index contributed by atoms with van der Waals surface area (Å²) in [6.45, 7) is 3.06. The summed E-state index contributed by atoms with van der Waals surface area (Å²) < 4.78 is 14.8. The van der Waals surface area contributed by atoms with Crippen LogP contribution in [-0.4, -0.2) is 34.9 Å². The molecular formula is C14H21FN2O2. The number of hydrogen-bond donors (Lipinski definition) is 3. The van der Waals surface area contributed by atoms with Crippen molar-refractivity contribution in [2.45, 2.75) is 38.0 Å². The van der Waals surface area contributed by atoms with Crippen molar-refractivity contribution in [2.24, 2.45) is 0 Å². The zero-order chi connectivity index (χ0) is 13.9. The Morgan fingerprint density at radius 2 is 2.16 bits per heavy atom. The predicted molar refractivity (Wildman–Crippen MR) is 70.5 cm³/mol. The van der Waals surface area contributed by atoms with Gasteiger partial charge in [0.1, 0.15) is 0 Å². The molecular weight excluding hydrogens is 247 g/mol. The zero-order valence-electron chi connectivity index (χ0n) is 11.2. The van der Waals surface area contributed by atoms with Crippen molar-refractivity contribution in [3.63, 3.8) is 0 Å². The van der Waals surface area contributed by atoms with Crippen LogP contribution in [-0.2, 0) is 5.67 Å². The summed E-state index contributed by atoms with van der Waals surface area (Å²) >= 11 is 0. The van der Waals surface area contributed by atoms with Gasteiger partial charge in [0, 0.05) is 19.2 Å². The van der Waals surface area contributed by atoms with E-state index in [1.165, 1.54) is 6.20 Å². The van der Waals surface area contributed by atoms with Gasteiger partial charge < -0.3 is 15.5 Å². The van der Waals surface area contributed by atoms with Crippen LogP contribution in [0.2, 0.25) is 0 Å². The maximum atomic E-state index is 14.8. The highest BCUT2D eigenvalue weighted by molar-refractivity contribution is 5.30. The van der Waals surface area contributed by atoms with E-state index < -0.39 is 11.8 Å². The number of aromatic nitrogens is 1. The first-order valence-electron chi connectivity index (χ1n) is 6.72. The van der Waals surface area contributed by atoms with E-state index in [-0.39, 0.29) is 13.0 Å². The van der Waals surface area contributed by atoms with Crippen LogP contribution in [0.3, 0.4) is 0 Å². The second-order valence-corrected chi connectivity index (χ2v) is 5.18. The van der Waals surface area contributed by atoms with Crippen LogP contribution in [0, 0.1) is 6.92 Å². The lowest BCUT2D eigenvalue weighted by Crippen LogP contribution is -2.37. The molecule has 2 heterocycles. The van der Waals surface area contributed by atoms with Crippen molar-refractivity contribution >= 4 is 0 Å². The topological polar surface area (TPSA) is 65.4 Å². The largest absolute Gasteiger partial charge is 0.396 e. The highest BCUT2D eigenvalue weighted by Crippen LogP contribution is 2.36. The fourth-order valence-corrected chi connectivity index (χ4v) is 2.60. The van der Waals surface area contributed by atoms with Crippen molar-refractivity contribution in [3.05, 3.63) is 29.1 Å². The Bertz CT molecular complexity index is 433. The molecule has 1 aromatic rings. The number of hydrogen-bond acceptors (Lipinski definition) is 4. The van der Waals surface area contributed by atoms with Crippen LogP contribution >= 0.6 is 0 Å². The Hall–Kier alpha value is -1.04. The number of nitrogens with zero attached hydrogens (tertiary/aromatic N) is 1. The summed E-state index contributed by atoms with van der Waals surface area (Å²) in [5, 5.41) is 21.8. The van der Waals surface area contributed by atoms with Gasteiger partial charge in [0.15, 0.2) is 5.67 Å². The first-order valence-corrected chi connectivity index (χ1v) is 6.72. The molecule has 1 atom stereocenters. The number of piperidine rings is 1. The molecule has 3 N–H and O–H groups in total. The molecule has 5 heteroatoms. The van der Waals surface area contributed by atoms with E-state index in [4.69, 9.17) is 5.11 Å². The number of rotatable bonds is 4. The molecule has 1 aliphatic heterocycles. The number of nitrogens with one attached hydrogen (secondary N) is 1. The molecule has 0 saturated carbocycles. The van der Waals surface area contributed by atoms with Crippen molar-refractivity contribution in [2.75, 3.05) is 19.7 Å². The molecule has 19 heavy (non-hydrogen) atoms. The minimum Gasteiger partial charge on any atom is -0.396 e.